The Hall–Kier alpha value is -1.31. The van der Waals surface area contributed by atoms with Crippen LogP contribution in [0.3, 0.4) is 0 Å². The third-order valence-corrected chi connectivity index (χ3v) is 5.78. The molecule has 2 aromatic carbocycles. The predicted molar refractivity (Wildman–Crippen MR) is 109 cm³/mol. The van der Waals surface area contributed by atoms with Crippen molar-refractivity contribution < 1.29 is 13.9 Å². The molecule has 1 unspecified atom stereocenters. The molecule has 2 N–H and O–H groups in total. The van der Waals surface area contributed by atoms with Crippen molar-refractivity contribution >= 4 is 23.4 Å². The third kappa shape index (κ3) is 6.36. The molecule has 3 rings (SSSR count). The summed E-state index contributed by atoms with van der Waals surface area (Å²) in [6.07, 6.45) is -0.264. The monoisotopic (exact) mass is 410 g/mol. The van der Waals surface area contributed by atoms with Gasteiger partial charge in [-0.15, -0.1) is 11.8 Å². The number of nitrogens with zero attached hydrogens (tertiary/aromatic N) is 1. The van der Waals surface area contributed by atoms with Gasteiger partial charge >= 0.3 is 0 Å². The average molecular weight is 411 g/mol. The molecular weight excluding hydrogens is 387 g/mol. The second kappa shape index (κ2) is 10.3. The van der Waals surface area contributed by atoms with E-state index >= 15 is 0 Å². The van der Waals surface area contributed by atoms with Crippen molar-refractivity contribution in [1.29, 1.82) is 0 Å². The van der Waals surface area contributed by atoms with E-state index in [4.69, 9.17) is 26.8 Å². The molecule has 146 valence electrons. The summed E-state index contributed by atoms with van der Waals surface area (Å²) >= 11 is 7.59. The molecule has 7 heteroatoms. The van der Waals surface area contributed by atoms with E-state index in [0.29, 0.717) is 37.1 Å². The van der Waals surface area contributed by atoms with Crippen molar-refractivity contribution in [2.45, 2.75) is 31.1 Å². The van der Waals surface area contributed by atoms with Crippen molar-refractivity contribution in [3.63, 3.8) is 0 Å². The Kier molecular flexibility index (Phi) is 7.79. The highest BCUT2D eigenvalue weighted by Gasteiger charge is 2.32. The van der Waals surface area contributed by atoms with E-state index in [9.17, 15) is 4.39 Å². The highest BCUT2D eigenvalue weighted by Crippen LogP contribution is 2.30. The van der Waals surface area contributed by atoms with Crippen LogP contribution in [0.2, 0.25) is 5.02 Å². The molecule has 1 aliphatic rings. The van der Waals surface area contributed by atoms with Crippen molar-refractivity contribution in [3.8, 4) is 5.75 Å². The van der Waals surface area contributed by atoms with Gasteiger partial charge in [0.1, 0.15) is 18.5 Å². The number of hydrogen-bond acceptors (Lipinski definition) is 5. The van der Waals surface area contributed by atoms with Crippen molar-refractivity contribution in [2.75, 3.05) is 19.2 Å². The van der Waals surface area contributed by atoms with Crippen LogP contribution in [-0.2, 0) is 17.9 Å². The topological polar surface area (TPSA) is 47.7 Å². The van der Waals surface area contributed by atoms with Crippen LogP contribution in [0.25, 0.3) is 0 Å². The van der Waals surface area contributed by atoms with Gasteiger partial charge in [-0.05, 0) is 35.4 Å². The Labute approximate surface area is 168 Å². The van der Waals surface area contributed by atoms with Crippen LogP contribution in [0, 0.1) is 0 Å². The lowest BCUT2D eigenvalue weighted by atomic mass is 10.2. The maximum absolute atomic E-state index is 13.8. The molecule has 1 heterocycles. The van der Waals surface area contributed by atoms with Crippen LogP contribution in [0.1, 0.15) is 17.5 Å². The van der Waals surface area contributed by atoms with Crippen LogP contribution in [-0.4, -0.2) is 35.7 Å². The highest BCUT2D eigenvalue weighted by atomic mass is 35.5. The molecule has 0 bridgehead atoms. The molecule has 2 aromatic rings. The number of ether oxygens (including phenoxy) is 2. The number of thioether (sulfide) groups is 1. The summed E-state index contributed by atoms with van der Waals surface area (Å²) in [5, 5.41) is 0.817. The molecule has 0 saturated carbocycles. The van der Waals surface area contributed by atoms with Gasteiger partial charge in [-0.2, -0.15) is 0 Å². The molecule has 4 nitrogen and oxygen atoms in total. The SMILES string of the molecule is NCOCSC1C[C@H](F)CN1Cc1ccc(OCc2cccc(Cl)c2)cc1. The van der Waals surface area contributed by atoms with Gasteiger partial charge in [0.25, 0.3) is 0 Å². The first kappa shape index (κ1) is 20.4. The van der Waals surface area contributed by atoms with Gasteiger partial charge in [-0.1, -0.05) is 35.9 Å². The Balaban J connectivity index is 1.52. The van der Waals surface area contributed by atoms with Crippen LogP contribution in [0.15, 0.2) is 48.5 Å². The zero-order chi connectivity index (χ0) is 19.1. The number of rotatable bonds is 9. The molecule has 27 heavy (non-hydrogen) atoms. The van der Waals surface area contributed by atoms with E-state index < -0.39 is 6.17 Å². The lowest BCUT2D eigenvalue weighted by Crippen LogP contribution is -2.27. The number of likely N-dealkylation sites (tertiary alicyclic amines) is 1. The summed E-state index contributed by atoms with van der Waals surface area (Å²) in [5.74, 6) is 1.28. The van der Waals surface area contributed by atoms with E-state index in [-0.39, 0.29) is 12.1 Å². The maximum atomic E-state index is 13.8. The predicted octanol–water partition coefficient (Wildman–Crippen LogP) is 4.41. The Morgan fingerprint density at radius 3 is 2.74 bits per heavy atom. The number of benzene rings is 2. The number of halogens is 2. The second-order valence-electron chi connectivity index (χ2n) is 6.43. The first-order valence-electron chi connectivity index (χ1n) is 8.88. The standard InChI is InChI=1S/C20H24ClFN2O2S/c21-17-3-1-2-16(8-17)12-26-19-6-4-15(5-7-19)10-24-11-18(22)9-20(24)27-14-25-13-23/h1-8,18,20H,9-14,23H2/t18-,20?/m0/s1. The highest BCUT2D eigenvalue weighted by molar-refractivity contribution is 7.99. The van der Waals surface area contributed by atoms with Gasteiger partial charge in [0, 0.05) is 24.5 Å². The van der Waals surface area contributed by atoms with Gasteiger partial charge in [0.2, 0.25) is 0 Å². The van der Waals surface area contributed by atoms with Crippen LogP contribution in [0.4, 0.5) is 4.39 Å². The first-order valence-corrected chi connectivity index (χ1v) is 10.3. The van der Waals surface area contributed by atoms with E-state index in [1.807, 2.05) is 48.5 Å². The molecule has 0 aliphatic carbocycles. The average Bonchev–Trinajstić information content (AvgIpc) is 3.01. The molecule has 0 aromatic heterocycles. The quantitative estimate of drug-likeness (QED) is 0.490. The zero-order valence-electron chi connectivity index (χ0n) is 15.0. The summed E-state index contributed by atoms with van der Waals surface area (Å²) in [5.41, 5.74) is 7.49. The Morgan fingerprint density at radius 1 is 1.19 bits per heavy atom. The van der Waals surface area contributed by atoms with Crippen molar-refractivity contribution in [1.82, 2.24) is 4.90 Å². The number of nitrogens with two attached hydrogens (primary N) is 1. The van der Waals surface area contributed by atoms with Crippen molar-refractivity contribution in [2.24, 2.45) is 5.73 Å². The minimum atomic E-state index is -0.791. The van der Waals surface area contributed by atoms with Gasteiger partial charge in [-0.25, -0.2) is 4.39 Å². The molecule has 1 fully saturated rings. The molecule has 1 saturated heterocycles. The summed E-state index contributed by atoms with van der Waals surface area (Å²) in [7, 11) is 0. The minimum absolute atomic E-state index is 0.116. The molecule has 0 spiro atoms. The van der Waals surface area contributed by atoms with E-state index in [1.165, 1.54) is 0 Å². The van der Waals surface area contributed by atoms with Crippen LogP contribution >= 0.6 is 23.4 Å². The Bertz CT molecular complexity index is 719. The lowest BCUT2D eigenvalue weighted by molar-refractivity contribution is 0.189. The van der Waals surface area contributed by atoms with Gasteiger partial charge in [-0.3, -0.25) is 4.90 Å². The van der Waals surface area contributed by atoms with Crippen LogP contribution in [0.5, 0.6) is 5.75 Å². The van der Waals surface area contributed by atoms with Gasteiger partial charge < -0.3 is 15.2 Å². The fourth-order valence-electron chi connectivity index (χ4n) is 3.05. The molecule has 2 atom stereocenters. The third-order valence-electron chi connectivity index (χ3n) is 4.36. The normalized spacial score (nSPS) is 20.1. The summed E-state index contributed by atoms with van der Waals surface area (Å²) < 4.78 is 24.8. The van der Waals surface area contributed by atoms with Crippen molar-refractivity contribution in [3.05, 3.63) is 64.7 Å². The van der Waals surface area contributed by atoms with Gasteiger partial charge in [0.05, 0.1) is 18.0 Å². The lowest BCUT2D eigenvalue weighted by Gasteiger charge is -2.23. The molecule has 1 aliphatic heterocycles. The summed E-state index contributed by atoms with van der Waals surface area (Å²) in [4.78, 5) is 2.15. The summed E-state index contributed by atoms with van der Waals surface area (Å²) in [6, 6.07) is 15.6. The molecular formula is C20H24ClFN2O2S. The first-order chi connectivity index (χ1) is 13.1. The van der Waals surface area contributed by atoms with Gasteiger partial charge in [0.15, 0.2) is 0 Å². The number of hydrogen-bond donors (Lipinski definition) is 1. The smallest absolute Gasteiger partial charge is 0.119 e. The largest absolute Gasteiger partial charge is 0.489 e. The Morgan fingerprint density at radius 2 is 2.00 bits per heavy atom. The fourth-order valence-corrected chi connectivity index (χ4v) is 4.33. The number of alkyl halides is 1. The zero-order valence-corrected chi connectivity index (χ0v) is 16.6. The fraction of sp³-hybridized carbons (Fsp3) is 0.400. The summed E-state index contributed by atoms with van der Waals surface area (Å²) in [6.45, 7) is 1.81. The van der Waals surface area contributed by atoms with Crippen LogP contribution < -0.4 is 10.5 Å². The van der Waals surface area contributed by atoms with E-state index in [2.05, 4.69) is 4.90 Å². The van der Waals surface area contributed by atoms with E-state index in [1.54, 1.807) is 11.8 Å². The molecule has 0 amide bonds. The second-order valence-corrected chi connectivity index (χ2v) is 7.98. The van der Waals surface area contributed by atoms with E-state index in [0.717, 1.165) is 16.9 Å². The molecule has 0 radical (unpaired) electrons. The maximum Gasteiger partial charge on any atom is 0.119 e. The minimum Gasteiger partial charge on any atom is -0.489 e.